The molecule has 0 unspecified atom stereocenters. The van der Waals surface area contributed by atoms with Crippen molar-refractivity contribution in [2.45, 2.75) is 34.1 Å². The van der Waals surface area contributed by atoms with E-state index in [-0.39, 0.29) is 5.91 Å². The van der Waals surface area contributed by atoms with Crippen LogP contribution in [0.15, 0.2) is 47.6 Å². The van der Waals surface area contributed by atoms with Gasteiger partial charge < -0.3 is 4.90 Å². The SMILES string of the molecule is CCN(CC)c1ccc(/C=N\NC(=O)Cc2ccc(C)c(C)c2)cc1. The first-order chi connectivity index (χ1) is 12.0. The van der Waals surface area contributed by atoms with Crippen molar-refractivity contribution in [1.29, 1.82) is 0 Å². The summed E-state index contributed by atoms with van der Waals surface area (Å²) in [5.41, 5.74) is 8.18. The Morgan fingerprint density at radius 2 is 1.72 bits per heavy atom. The molecule has 0 bridgehead atoms. The van der Waals surface area contributed by atoms with Crippen LogP contribution in [-0.2, 0) is 11.2 Å². The Kier molecular flexibility index (Phi) is 6.75. The lowest BCUT2D eigenvalue weighted by molar-refractivity contribution is -0.120. The van der Waals surface area contributed by atoms with E-state index in [1.807, 2.05) is 30.3 Å². The van der Waals surface area contributed by atoms with Gasteiger partial charge in [0.2, 0.25) is 5.91 Å². The zero-order valence-corrected chi connectivity index (χ0v) is 15.5. The van der Waals surface area contributed by atoms with Crippen molar-refractivity contribution < 1.29 is 4.79 Å². The lowest BCUT2D eigenvalue weighted by Crippen LogP contribution is -2.21. The van der Waals surface area contributed by atoms with Gasteiger partial charge in [0.1, 0.15) is 0 Å². The summed E-state index contributed by atoms with van der Waals surface area (Å²) in [6.45, 7) is 10.4. The van der Waals surface area contributed by atoms with Gasteiger partial charge in [0.15, 0.2) is 0 Å². The number of carbonyl (C=O) groups excluding carboxylic acids is 1. The van der Waals surface area contributed by atoms with E-state index in [0.29, 0.717) is 6.42 Å². The maximum absolute atomic E-state index is 12.0. The number of aryl methyl sites for hydroxylation is 2. The zero-order valence-electron chi connectivity index (χ0n) is 15.5. The first kappa shape index (κ1) is 18.7. The Balaban J connectivity index is 1.89. The highest BCUT2D eigenvalue weighted by atomic mass is 16.2. The third-order valence-electron chi connectivity index (χ3n) is 4.36. The molecule has 0 saturated carbocycles. The molecular formula is C21H27N3O. The average Bonchev–Trinajstić information content (AvgIpc) is 2.60. The van der Waals surface area contributed by atoms with Crippen LogP contribution in [0.4, 0.5) is 5.69 Å². The second-order valence-electron chi connectivity index (χ2n) is 6.15. The van der Waals surface area contributed by atoms with Crippen molar-refractivity contribution in [1.82, 2.24) is 5.43 Å². The van der Waals surface area contributed by atoms with E-state index in [1.54, 1.807) is 6.21 Å². The summed E-state index contributed by atoms with van der Waals surface area (Å²) in [6.07, 6.45) is 2.00. The predicted octanol–water partition coefficient (Wildman–Crippen LogP) is 3.84. The molecule has 0 radical (unpaired) electrons. The van der Waals surface area contributed by atoms with Gasteiger partial charge in [-0.25, -0.2) is 5.43 Å². The summed E-state index contributed by atoms with van der Waals surface area (Å²) in [6, 6.07) is 14.2. The van der Waals surface area contributed by atoms with Gasteiger partial charge >= 0.3 is 0 Å². The lowest BCUT2D eigenvalue weighted by atomic mass is 10.0. The molecule has 0 saturated heterocycles. The number of nitrogens with zero attached hydrogens (tertiary/aromatic N) is 2. The fraction of sp³-hybridized carbons (Fsp3) is 0.333. The molecule has 0 aliphatic heterocycles. The topological polar surface area (TPSA) is 44.7 Å². The van der Waals surface area contributed by atoms with Crippen molar-refractivity contribution in [2.24, 2.45) is 5.10 Å². The highest BCUT2D eigenvalue weighted by Crippen LogP contribution is 2.14. The summed E-state index contributed by atoms with van der Waals surface area (Å²) in [7, 11) is 0. The Morgan fingerprint density at radius 3 is 2.32 bits per heavy atom. The molecule has 0 aromatic heterocycles. The average molecular weight is 337 g/mol. The van der Waals surface area contributed by atoms with Crippen LogP contribution in [-0.4, -0.2) is 25.2 Å². The summed E-state index contributed by atoms with van der Waals surface area (Å²) in [5, 5.41) is 4.05. The minimum Gasteiger partial charge on any atom is -0.372 e. The van der Waals surface area contributed by atoms with E-state index in [9.17, 15) is 4.79 Å². The van der Waals surface area contributed by atoms with Gasteiger partial charge in [0.25, 0.3) is 0 Å². The van der Waals surface area contributed by atoms with Crippen LogP contribution in [0.1, 0.15) is 36.1 Å². The molecule has 0 aliphatic rings. The van der Waals surface area contributed by atoms with Crippen molar-refractivity contribution in [3.8, 4) is 0 Å². The fourth-order valence-electron chi connectivity index (χ4n) is 2.68. The van der Waals surface area contributed by atoms with Crippen LogP contribution in [0.5, 0.6) is 0 Å². The molecule has 1 N–H and O–H groups in total. The molecular weight excluding hydrogens is 310 g/mol. The summed E-state index contributed by atoms with van der Waals surface area (Å²) in [5.74, 6) is -0.112. The molecule has 4 nitrogen and oxygen atoms in total. The van der Waals surface area contributed by atoms with Gasteiger partial charge in [0, 0.05) is 18.8 Å². The van der Waals surface area contributed by atoms with Crippen molar-refractivity contribution in [2.75, 3.05) is 18.0 Å². The maximum Gasteiger partial charge on any atom is 0.244 e. The standard InChI is InChI=1S/C21H27N3O/c1-5-24(6-2)20-11-9-18(10-12-20)15-22-23-21(25)14-19-8-7-16(3)17(4)13-19/h7-13,15H,5-6,14H2,1-4H3,(H,23,25)/b22-15-. The van der Waals surface area contributed by atoms with Gasteiger partial charge in [0.05, 0.1) is 12.6 Å². The quantitative estimate of drug-likeness (QED) is 0.616. The molecule has 0 heterocycles. The van der Waals surface area contributed by atoms with Crippen molar-refractivity contribution >= 4 is 17.8 Å². The number of nitrogens with one attached hydrogen (secondary N) is 1. The van der Waals surface area contributed by atoms with E-state index in [4.69, 9.17) is 0 Å². The summed E-state index contributed by atoms with van der Waals surface area (Å²) >= 11 is 0. The monoisotopic (exact) mass is 337 g/mol. The number of hydrazone groups is 1. The van der Waals surface area contributed by atoms with Crippen LogP contribution < -0.4 is 10.3 Å². The molecule has 2 aromatic rings. The lowest BCUT2D eigenvalue weighted by Gasteiger charge is -2.20. The Morgan fingerprint density at radius 1 is 1.04 bits per heavy atom. The highest BCUT2D eigenvalue weighted by molar-refractivity contribution is 5.83. The number of amides is 1. The van der Waals surface area contributed by atoms with E-state index >= 15 is 0 Å². The number of benzene rings is 2. The third kappa shape index (κ3) is 5.45. The third-order valence-corrected chi connectivity index (χ3v) is 4.36. The molecule has 0 aliphatic carbocycles. The zero-order chi connectivity index (χ0) is 18.2. The van der Waals surface area contributed by atoms with Gasteiger partial charge in [-0.3, -0.25) is 4.79 Å². The van der Waals surface area contributed by atoms with Crippen LogP contribution in [0.2, 0.25) is 0 Å². The van der Waals surface area contributed by atoms with Gasteiger partial charge in [-0.15, -0.1) is 0 Å². The summed E-state index contributed by atoms with van der Waals surface area (Å²) in [4.78, 5) is 14.3. The largest absolute Gasteiger partial charge is 0.372 e. The molecule has 4 heteroatoms. The number of hydrogen-bond donors (Lipinski definition) is 1. The van der Waals surface area contributed by atoms with Gasteiger partial charge in [-0.05, 0) is 62.1 Å². The number of carbonyl (C=O) groups is 1. The normalized spacial score (nSPS) is 10.9. The first-order valence-corrected chi connectivity index (χ1v) is 8.76. The number of hydrogen-bond acceptors (Lipinski definition) is 3. The van der Waals surface area contributed by atoms with Crippen LogP contribution in [0.3, 0.4) is 0 Å². The van der Waals surface area contributed by atoms with Gasteiger partial charge in [-0.2, -0.15) is 5.10 Å². The van der Waals surface area contributed by atoms with E-state index in [0.717, 1.165) is 24.2 Å². The smallest absolute Gasteiger partial charge is 0.244 e. The van der Waals surface area contributed by atoms with Crippen molar-refractivity contribution in [3.63, 3.8) is 0 Å². The van der Waals surface area contributed by atoms with Crippen LogP contribution >= 0.6 is 0 Å². The first-order valence-electron chi connectivity index (χ1n) is 8.76. The molecule has 0 atom stereocenters. The Bertz CT molecular complexity index is 731. The van der Waals surface area contributed by atoms with E-state index in [2.05, 4.69) is 55.3 Å². The molecule has 25 heavy (non-hydrogen) atoms. The molecule has 0 spiro atoms. The van der Waals surface area contributed by atoms with Crippen molar-refractivity contribution in [3.05, 3.63) is 64.7 Å². The molecule has 132 valence electrons. The maximum atomic E-state index is 12.0. The Labute approximate surface area is 150 Å². The minimum absolute atomic E-state index is 0.112. The Hall–Kier alpha value is -2.62. The summed E-state index contributed by atoms with van der Waals surface area (Å²) < 4.78 is 0. The second kappa shape index (κ2) is 9.02. The highest BCUT2D eigenvalue weighted by Gasteiger charge is 2.04. The fourth-order valence-corrected chi connectivity index (χ4v) is 2.68. The molecule has 2 rings (SSSR count). The molecule has 2 aromatic carbocycles. The number of rotatable bonds is 7. The minimum atomic E-state index is -0.112. The van der Waals surface area contributed by atoms with E-state index in [1.165, 1.54) is 16.8 Å². The second-order valence-corrected chi connectivity index (χ2v) is 6.15. The predicted molar refractivity (Wildman–Crippen MR) is 105 cm³/mol. The van der Waals surface area contributed by atoms with Gasteiger partial charge in [-0.1, -0.05) is 30.3 Å². The van der Waals surface area contributed by atoms with Crippen LogP contribution in [0.25, 0.3) is 0 Å². The molecule has 0 fully saturated rings. The molecule has 1 amide bonds. The van der Waals surface area contributed by atoms with Crippen LogP contribution in [0, 0.1) is 13.8 Å². The van der Waals surface area contributed by atoms with E-state index < -0.39 is 0 Å². The number of anilines is 1.